The summed E-state index contributed by atoms with van der Waals surface area (Å²) in [6, 6.07) is 9.71. The van der Waals surface area contributed by atoms with Crippen molar-refractivity contribution in [2.45, 2.75) is 18.3 Å². The van der Waals surface area contributed by atoms with Gasteiger partial charge in [-0.1, -0.05) is 45.2 Å². The van der Waals surface area contributed by atoms with Crippen molar-refractivity contribution < 1.29 is 19.4 Å². The summed E-state index contributed by atoms with van der Waals surface area (Å²) in [5, 5.41) is 20.8. The number of carbonyl (C=O) groups is 2. The first kappa shape index (κ1) is 20.6. The highest BCUT2D eigenvalue weighted by atomic mass is 79.9. The van der Waals surface area contributed by atoms with Crippen molar-refractivity contribution in [2.24, 2.45) is 0 Å². The predicted molar refractivity (Wildman–Crippen MR) is 110 cm³/mol. The van der Waals surface area contributed by atoms with E-state index in [-0.39, 0.29) is 17.1 Å². The molecule has 1 aliphatic carbocycles. The zero-order valence-corrected chi connectivity index (χ0v) is 17.5. The van der Waals surface area contributed by atoms with Gasteiger partial charge in [-0.2, -0.15) is 0 Å². The summed E-state index contributed by atoms with van der Waals surface area (Å²) in [5.74, 6) is -1.59. The highest BCUT2D eigenvalue weighted by Gasteiger charge is 2.50. The van der Waals surface area contributed by atoms with E-state index in [1.54, 1.807) is 24.3 Å². The molecule has 9 heteroatoms. The van der Waals surface area contributed by atoms with Crippen LogP contribution in [-0.4, -0.2) is 29.4 Å². The quantitative estimate of drug-likeness (QED) is 0.409. The van der Waals surface area contributed by atoms with E-state index in [1.165, 1.54) is 12.1 Å². The number of aliphatic carboxylic acids is 1. The molecule has 1 fully saturated rings. The second kappa shape index (κ2) is 8.11. The number of hydrogen-bond acceptors (Lipinski definition) is 4. The number of carbonyl (C=O) groups excluding carboxylic acids is 1. The zero-order valence-electron chi connectivity index (χ0n) is 14.4. The van der Waals surface area contributed by atoms with Gasteiger partial charge in [0.1, 0.15) is 11.6 Å². The van der Waals surface area contributed by atoms with Crippen LogP contribution in [0.25, 0.3) is 0 Å². The van der Waals surface area contributed by atoms with E-state index in [9.17, 15) is 9.59 Å². The molecular formula is C19H15BrCl2N2O4. The summed E-state index contributed by atoms with van der Waals surface area (Å²) in [5.41, 5.74) is 0.199. The molecule has 0 saturated heterocycles. The Balaban J connectivity index is 1.82. The lowest BCUT2D eigenvalue weighted by molar-refractivity contribution is -0.139. The number of amidine groups is 1. The van der Waals surface area contributed by atoms with Crippen molar-refractivity contribution >= 4 is 56.8 Å². The summed E-state index contributed by atoms with van der Waals surface area (Å²) in [6.45, 7) is -0.580. The molecule has 3 rings (SSSR count). The van der Waals surface area contributed by atoms with Crippen molar-refractivity contribution in [3.63, 3.8) is 0 Å². The second-order valence-electron chi connectivity index (χ2n) is 6.36. The summed E-state index contributed by atoms with van der Waals surface area (Å²) >= 11 is 15.5. The highest BCUT2D eigenvalue weighted by Crippen LogP contribution is 2.51. The number of rotatable bonds is 6. The first-order valence-corrected chi connectivity index (χ1v) is 9.78. The molecule has 0 heterocycles. The number of benzene rings is 2. The van der Waals surface area contributed by atoms with E-state index < -0.39 is 23.9 Å². The van der Waals surface area contributed by atoms with Gasteiger partial charge in [0.05, 0.1) is 11.0 Å². The first-order valence-electron chi connectivity index (χ1n) is 8.23. The van der Waals surface area contributed by atoms with E-state index in [0.717, 1.165) is 5.56 Å². The Morgan fingerprint density at radius 2 is 1.93 bits per heavy atom. The molecule has 0 aliphatic heterocycles. The van der Waals surface area contributed by atoms with Crippen molar-refractivity contribution in [3.8, 4) is 5.75 Å². The normalized spacial score (nSPS) is 14.2. The lowest BCUT2D eigenvalue weighted by Crippen LogP contribution is -2.38. The number of hydrogen-bond donors (Lipinski definition) is 3. The average molecular weight is 486 g/mol. The third-order valence-electron chi connectivity index (χ3n) is 4.45. The van der Waals surface area contributed by atoms with Gasteiger partial charge in [-0.3, -0.25) is 10.2 Å². The summed E-state index contributed by atoms with van der Waals surface area (Å²) in [6.07, 6.45) is 1.35. The smallest absolute Gasteiger partial charge is 0.341 e. The topological polar surface area (TPSA) is 99.5 Å². The van der Waals surface area contributed by atoms with Gasteiger partial charge < -0.3 is 15.2 Å². The van der Waals surface area contributed by atoms with Crippen LogP contribution in [0.15, 0.2) is 40.9 Å². The van der Waals surface area contributed by atoms with Gasteiger partial charge in [-0.05, 0) is 48.7 Å². The van der Waals surface area contributed by atoms with Gasteiger partial charge >= 0.3 is 5.97 Å². The van der Waals surface area contributed by atoms with Crippen LogP contribution in [-0.2, 0) is 10.2 Å². The van der Waals surface area contributed by atoms with E-state index >= 15 is 0 Å². The molecule has 0 unspecified atom stereocenters. The van der Waals surface area contributed by atoms with E-state index in [1.807, 2.05) is 0 Å². The van der Waals surface area contributed by atoms with Crippen LogP contribution >= 0.6 is 39.1 Å². The second-order valence-corrected chi connectivity index (χ2v) is 8.12. The van der Waals surface area contributed by atoms with E-state index in [4.69, 9.17) is 38.5 Å². The third-order valence-corrected chi connectivity index (χ3v) is 5.49. The fourth-order valence-corrected chi connectivity index (χ4v) is 3.85. The molecule has 0 spiro atoms. The monoisotopic (exact) mass is 484 g/mol. The minimum Gasteiger partial charge on any atom is -0.481 e. The highest BCUT2D eigenvalue weighted by molar-refractivity contribution is 9.10. The van der Waals surface area contributed by atoms with Crippen LogP contribution in [0.3, 0.4) is 0 Å². The molecule has 0 radical (unpaired) electrons. The third kappa shape index (κ3) is 4.32. The van der Waals surface area contributed by atoms with Gasteiger partial charge in [0.2, 0.25) is 0 Å². The molecule has 0 aromatic heterocycles. The van der Waals surface area contributed by atoms with Crippen LogP contribution in [0.4, 0.5) is 0 Å². The molecule has 3 N–H and O–H groups in total. The fraction of sp³-hybridized carbons (Fsp3) is 0.211. The average Bonchev–Trinajstić information content (AvgIpc) is 3.42. The van der Waals surface area contributed by atoms with Crippen molar-refractivity contribution in [3.05, 3.63) is 62.0 Å². The van der Waals surface area contributed by atoms with Crippen LogP contribution < -0.4 is 10.1 Å². The molecule has 0 bridgehead atoms. The number of carboxylic acids is 1. The molecule has 1 saturated carbocycles. The Morgan fingerprint density at radius 3 is 2.54 bits per heavy atom. The largest absolute Gasteiger partial charge is 0.481 e. The Bertz CT molecular complexity index is 976. The Kier molecular flexibility index (Phi) is 5.98. The Labute approximate surface area is 179 Å². The minimum atomic E-state index is -1.16. The lowest BCUT2D eigenvalue weighted by Gasteiger charge is -2.20. The molecule has 146 valence electrons. The van der Waals surface area contributed by atoms with Crippen molar-refractivity contribution in [1.82, 2.24) is 5.32 Å². The molecule has 0 atom stereocenters. The van der Waals surface area contributed by atoms with Crippen LogP contribution in [0, 0.1) is 5.41 Å². The van der Waals surface area contributed by atoms with Gasteiger partial charge in [-0.25, -0.2) is 4.79 Å². The molecule has 2 aromatic carbocycles. The maximum atomic E-state index is 12.8. The van der Waals surface area contributed by atoms with Gasteiger partial charge in [0, 0.05) is 14.5 Å². The number of amides is 1. The summed E-state index contributed by atoms with van der Waals surface area (Å²) in [4.78, 5) is 23.5. The van der Waals surface area contributed by atoms with E-state index in [2.05, 4.69) is 21.2 Å². The zero-order chi connectivity index (χ0) is 20.5. The summed E-state index contributed by atoms with van der Waals surface area (Å²) < 4.78 is 5.81. The number of nitrogens with one attached hydrogen (secondary N) is 2. The van der Waals surface area contributed by atoms with Crippen molar-refractivity contribution in [1.29, 1.82) is 5.41 Å². The molecule has 28 heavy (non-hydrogen) atoms. The Morgan fingerprint density at radius 1 is 1.21 bits per heavy atom. The summed E-state index contributed by atoms with van der Waals surface area (Å²) in [7, 11) is 0. The number of carboxylic acid groups (broad SMARTS) is 1. The molecule has 1 amide bonds. The SMILES string of the molecule is N=C(NC(=O)c1cc(Br)ccc1OCC(=O)O)C1(c2ccc(Cl)cc2Cl)CC1. The molecular weight excluding hydrogens is 471 g/mol. The Hall–Kier alpha value is -2.09. The van der Waals surface area contributed by atoms with Crippen molar-refractivity contribution in [2.75, 3.05) is 6.61 Å². The number of halogens is 3. The maximum absolute atomic E-state index is 12.8. The predicted octanol–water partition coefficient (Wildman–Crippen LogP) is 4.66. The van der Waals surface area contributed by atoms with Crippen LogP contribution in [0.2, 0.25) is 10.0 Å². The fourth-order valence-electron chi connectivity index (χ4n) is 2.90. The molecule has 6 nitrogen and oxygen atoms in total. The minimum absolute atomic E-state index is 0.0193. The van der Waals surface area contributed by atoms with Gasteiger partial charge in [0.15, 0.2) is 6.61 Å². The first-order chi connectivity index (χ1) is 13.2. The van der Waals surface area contributed by atoms with Gasteiger partial charge in [0.25, 0.3) is 5.91 Å². The molecule has 2 aromatic rings. The maximum Gasteiger partial charge on any atom is 0.341 e. The molecule has 1 aliphatic rings. The lowest BCUT2D eigenvalue weighted by atomic mass is 9.94. The van der Waals surface area contributed by atoms with E-state index in [0.29, 0.717) is 27.4 Å². The van der Waals surface area contributed by atoms with Crippen LogP contribution in [0.1, 0.15) is 28.8 Å². The standard InChI is InChI=1S/C19H15BrCl2N2O4/c20-10-1-4-15(28-9-16(25)26)12(7-10)17(27)24-18(23)19(5-6-19)13-3-2-11(21)8-14(13)22/h1-4,7-8H,5-6,9H2,(H,25,26)(H2,23,24,27). The number of ether oxygens (including phenoxy) is 1. The van der Waals surface area contributed by atoms with Crippen LogP contribution in [0.5, 0.6) is 5.75 Å². The van der Waals surface area contributed by atoms with Gasteiger partial charge in [-0.15, -0.1) is 0 Å².